The Morgan fingerprint density at radius 2 is 1.41 bits per heavy atom. The van der Waals surface area contributed by atoms with Crippen LogP contribution in [0.2, 0.25) is 0 Å². The summed E-state index contributed by atoms with van der Waals surface area (Å²) in [5.74, 6) is 0. The zero-order valence-electron chi connectivity index (χ0n) is 19.3. The first-order valence-electron chi connectivity index (χ1n) is 11.6. The second kappa shape index (κ2) is 7.33. The van der Waals surface area contributed by atoms with E-state index in [4.69, 9.17) is 4.98 Å². The number of hydrogen-bond donors (Lipinski definition) is 0. The van der Waals surface area contributed by atoms with Crippen LogP contribution in [0.4, 0.5) is 0 Å². The molecule has 0 bridgehead atoms. The fourth-order valence-electron chi connectivity index (χ4n) is 5.12. The molecule has 0 radical (unpaired) electrons. The normalized spacial score (nSPS) is 14.6. The number of rotatable bonds is 2. The highest BCUT2D eigenvalue weighted by Gasteiger charge is 2.37. The van der Waals surface area contributed by atoms with Crippen molar-refractivity contribution < 1.29 is 4.57 Å². The van der Waals surface area contributed by atoms with Gasteiger partial charge < -0.3 is 0 Å². The van der Waals surface area contributed by atoms with E-state index < -0.39 is 0 Å². The Hall–Kier alpha value is -3.34. The molecule has 2 nitrogen and oxygen atoms in total. The second-order valence-corrected chi connectivity index (χ2v) is 11.4. The molecule has 34 heavy (non-hydrogen) atoms. The Morgan fingerprint density at radius 1 is 0.706 bits per heavy atom. The van der Waals surface area contributed by atoms with Gasteiger partial charge in [-0.1, -0.05) is 53.8 Å². The summed E-state index contributed by atoms with van der Waals surface area (Å²) < 4.78 is 5.13. The van der Waals surface area contributed by atoms with Crippen LogP contribution in [0.1, 0.15) is 29.7 Å². The summed E-state index contributed by atoms with van der Waals surface area (Å²) >= 11 is 3.67. The van der Waals surface area contributed by atoms with Crippen molar-refractivity contribution in [3.8, 4) is 32.3 Å². The van der Waals surface area contributed by atoms with Gasteiger partial charge in [-0.2, -0.15) is 4.57 Å². The molecule has 0 fully saturated rings. The van der Waals surface area contributed by atoms with Gasteiger partial charge in [0.15, 0.2) is 6.04 Å². The Bertz CT molecular complexity index is 1740. The number of nitrogens with zero attached hydrogens (tertiary/aromatic N) is 2. The molecule has 4 heteroatoms. The van der Waals surface area contributed by atoms with Crippen molar-refractivity contribution >= 4 is 43.1 Å². The maximum absolute atomic E-state index is 4.85. The molecular weight excluding hydrogens is 452 g/mol. The SMILES string of the molecule is Cc1ccc2nc(-c3ccc(-c4ccc5c(c4)C(C)[n+]4c-5sc5cc(C)ccc54)cc3)sc2c1. The molecule has 0 saturated heterocycles. The lowest BCUT2D eigenvalue weighted by Gasteiger charge is -2.07. The van der Waals surface area contributed by atoms with Gasteiger partial charge in [-0.25, -0.2) is 4.98 Å². The first kappa shape index (κ1) is 20.1. The molecule has 6 aromatic rings. The number of fused-ring (bicyclic) bond motifs is 6. The van der Waals surface area contributed by atoms with Crippen molar-refractivity contribution in [2.24, 2.45) is 0 Å². The van der Waals surface area contributed by atoms with Crippen molar-refractivity contribution in [3.63, 3.8) is 0 Å². The van der Waals surface area contributed by atoms with E-state index in [1.54, 1.807) is 11.3 Å². The molecule has 4 aromatic carbocycles. The summed E-state index contributed by atoms with van der Waals surface area (Å²) in [7, 11) is 0. The first-order chi connectivity index (χ1) is 16.5. The molecule has 164 valence electrons. The summed E-state index contributed by atoms with van der Waals surface area (Å²) in [4.78, 5) is 4.85. The van der Waals surface area contributed by atoms with E-state index in [0.717, 1.165) is 10.5 Å². The van der Waals surface area contributed by atoms with Crippen molar-refractivity contribution in [1.82, 2.24) is 4.98 Å². The van der Waals surface area contributed by atoms with Crippen LogP contribution in [0.3, 0.4) is 0 Å². The smallest absolute Gasteiger partial charge is 0.236 e. The third kappa shape index (κ3) is 2.99. The number of aryl methyl sites for hydroxylation is 2. The van der Waals surface area contributed by atoms with Gasteiger partial charge in [0.2, 0.25) is 5.52 Å². The maximum atomic E-state index is 4.85. The third-order valence-electron chi connectivity index (χ3n) is 6.93. The predicted molar refractivity (Wildman–Crippen MR) is 145 cm³/mol. The average molecular weight is 476 g/mol. The molecule has 7 rings (SSSR count). The van der Waals surface area contributed by atoms with Crippen molar-refractivity contribution in [2.75, 3.05) is 0 Å². The molecule has 0 spiro atoms. The van der Waals surface area contributed by atoms with E-state index >= 15 is 0 Å². The molecule has 1 aliphatic heterocycles. The van der Waals surface area contributed by atoms with Crippen LogP contribution in [0.15, 0.2) is 78.9 Å². The average Bonchev–Trinajstić information content (AvgIpc) is 3.51. The Kier molecular flexibility index (Phi) is 4.33. The molecule has 1 aliphatic rings. The van der Waals surface area contributed by atoms with E-state index in [9.17, 15) is 0 Å². The van der Waals surface area contributed by atoms with E-state index in [-0.39, 0.29) is 0 Å². The predicted octanol–water partition coefficient (Wildman–Crippen LogP) is 8.34. The van der Waals surface area contributed by atoms with Gasteiger partial charge in [-0.15, -0.1) is 11.3 Å². The Labute approximate surface area is 206 Å². The molecule has 1 unspecified atom stereocenters. The van der Waals surface area contributed by atoms with Gasteiger partial charge in [-0.3, -0.25) is 0 Å². The summed E-state index contributed by atoms with van der Waals surface area (Å²) in [6, 6.07) is 29.4. The van der Waals surface area contributed by atoms with Crippen LogP contribution in [0.25, 0.3) is 52.7 Å². The van der Waals surface area contributed by atoms with Gasteiger partial charge in [0.1, 0.15) is 9.71 Å². The highest BCUT2D eigenvalue weighted by Crippen LogP contribution is 2.42. The third-order valence-corrected chi connectivity index (χ3v) is 9.15. The van der Waals surface area contributed by atoms with E-state index in [2.05, 4.69) is 104 Å². The molecule has 0 N–H and O–H groups in total. The van der Waals surface area contributed by atoms with E-state index in [1.807, 2.05) is 11.3 Å². The van der Waals surface area contributed by atoms with Gasteiger partial charge in [0.05, 0.1) is 15.8 Å². The minimum atomic E-state index is 0.340. The van der Waals surface area contributed by atoms with Crippen LogP contribution in [0, 0.1) is 13.8 Å². The highest BCUT2D eigenvalue weighted by atomic mass is 32.1. The lowest BCUT2D eigenvalue weighted by atomic mass is 9.97. The van der Waals surface area contributed by atoms with Crippen LogP contribution in [-0.4, -0.2) is 4.98 Å². The van der Waals surface area contributed by atoms with Gasteiger partial charge in [0.25, 0.3) is 5.01 Å². The topological polar surface area (TPSA) is 16.8 Å². The summed E-state index contributed by atoms with van der Waals surface area (Å²) in [5.41, 5.74) is 11.5. The molecule has 0 amide bonds. The Balaban J connectivity index is 1.25. The van der Waals surface area contributed by atoms with Crippen LogP contribution in [0.5, 0.6) is 0 Å². The number of thiazole rings is 2. The minimum Gasteiger partial charge on any atom is -0.236 e. The fraction of sp³-hybridized carbons (Fsp3) is 0.133. The van der Waals surface area contributed by atoms with Crippen LogP contribution >= 0.6 is 22.7 Å². The van der Waals surface area contributed by atoms with Crippen molar-refractivity contribution in [1.29, 1.82) is 0 Å². The number of benzene rings is 4. The van der Waals surface area contributed by atoms with Gasteiger partial charge in [-0.05, 0) is 66.4 Å². The second-order valence-electron chi connectivity index (χ2n) is 9.29. The van der Waals surface area contributed by atoms with E-state index in [0.29, 0.717) is 6.04 Å². The summed E-state index contributed by atoms with van der Waals surface area (Å²) in [6.45, 7) is 6.62. The molecule has 2 aromatic heterocycles. The van der Waals surface area contributed by atoms with E-state index in [1.165, 1.54) is 58.9 Å². The number of hydrogen-bond acceptors (Lipinski definition) is 3. The lowest BCUT2D eigenvalue weighted by molar-refractivity contribution is -0.665. The standard InChI is InChI=1S/C30H23N2S2/c1-17-4-12-25-27(14-17)33-29(31-25)21-8-6-20(7-9-21)22-10-11-23-24(16-22)19(3)32-26-13-5-18(2)15-28(26)34-30(23)32/h4-16,19H,1-3H3/q+1. The van der Waals surface area contributed by atoms with Crippen LogP contribution < -0.4 is 4.57 Å². The van der Waals surface area contributed by atoms with Crippen LogP contribution in [-0.2, 0) is 0 Å². The largest absolute Gasteiger partial charge is 0.271 e. The van der Waals surface area contributed by atoms with Gasteiger partial charge >= 0.3 is 0 Å². The Morgan fingerprint density at radius 3 is 2.24 bits per heavy atom. The summed E-state index contributed by atoms with van der Waals surface area (Å²) in [6.07, 6.45) is 0. The monoisotopic (exact) mass is 475 g/mol. The fourth-order valence-corrected chi connectivity index (χ4v) is 7.56. The lowest BCUT2D eigenvalue weighted by Crippen LogP contribution is -2.34. The van der Waals surface area contributed by atoms with Gasteiger partial charge in [0, 0.05) is 24.1 Å². The number of aromatic nitrogens is 2. The summed E-state index contributed by atoms with van der Waals surface area (Å²) in [5, 5.41) is 2.45. The molecule has 0 aliphatic carbocycles. The van der Waals surface area contributed by atoms with Crippen molar-refractivity contribution in [2.45, 2.75) is 26.8 Å². The molecular formula is C30H23N2S2+. The zero-order chi connectivity index (χ0) is 23.0. The zero-order valence-corrected chi connectivity index (χ0v) is 20.9. The maximum Gasteiger partial charge on any atom is 0.271 e. The quantitative estimate of drug-likeness (QED) is 0.230. The minimum absolute atomic E-state index is 0.340. The molecule has 1 atom stereocenters. The van der Waals surface area contributed by atoms with Crippen molar-refractivity contribution in [3.05, 3.63) is 95.6 Å². The first-order valence-corrected chi connectivity index (χ1v) is 13.3. The molecule has 0 saturated carbocycles. The highest BCUT2D eigenvalue weighted by molar-refractivity contribution is 7.21. The molecule has 3 heterocycles.